The van der Waals surface area contributed by atoms with E-state index in [1.165, 1.54) is 4.31 Å². The lowest BCUT2D eigenvalue weighted by Crippen LogP contribution is -2.50. The molecule has 0 N–H and O–H groups in total. The summed E-state index contributed by atoms with van der Waals surface area (Å²) in [5, 5.41) is 8.56. The van der Waals surface area contributed by atoms with Gasteiger partial charge in [-0.3, -0.25) is 14.2 Å². The number of sulfonamides is 1. The zero-order valence-corrected chi connectivity index (χ0v) is 18.7. The fourth-order valence-electron chi connectivity index (χ4n) is 3.21. The summed E-state index contributed by atoms with van der Waals surface area (Å²) in [6, 6.07) is 0. The van der Waals surface area contributed by atoms with E-state index in [0.29, 0.717) is 38.3 Å². The van der Waals surface area contributed by atoms with Crippen LogP contribution < -0.4 is 0 Å². The second-order valence-corrected chi connectivity index (χ2v) is 9.56. The summed E-state index contributed by atoms with van der Waals surface area (Å²) in [4.78, 5) is 14.4. The van der Waals surface area contributed by atoms with Crippen LogP contribution in [0.4, 0.5) is 0 Å². The van der Waals surface area contributed by atoms with Crippen LogP contribution in [0.1, 0.15) is 24.7 Å². The normalized spacial score (nSPS) is 15.9. The van der Waals surface area contributed by atoms with Gasteiger partial charge >= 0.3 is 0 Å². The van der Waals surface area contributed by atoms with Crippen LogP contribution in [0.2, 0.25) is 0 Å². The Morgan fingerprint density at radius 2 is 1.71 bits per heavy atom. The van der Waals surface area contributed by atoms with Gasteiger partial charge in [-0.1, -0.05) is 0 Å². The summed E-state index contributed by atoms with van der Waals surface area (Å²) in [5.74, 6) is 0.0105. The number of nitrogens with zero attached hydrogens (tertiary/aromatic N) is 6. The number of halogens is 1. The molecule has 0 bridgehead atoms. The standard InChI is InChI=1S/C17H25BrN6O3S/c1-4-22-12-16(14(3)20-22)28(26,27)24-9-7-21(8-10-24)17(25)5-6-23-11-15(18)13(2)19-23/h11-12H,4-10H2,1-3H3. The first kappa shape index (κ1) is 21.0. The Balaban J connectivity index is 1.57. The van der Waals surface area contributed by atoms with Crippen molar-refractivity contribution in [2.45, 2.75) is 45.2 Å². The van der Waals surface area contributed by atoms with Crippen molar-refractivity contribution in [3.63, 3.8) is 0 Å². The number of hydrogen-bond acceptors (Lipinski definition) is 5. The van der Waals surface area contributed by atoms with Crippen LogP contribution in [-0.2, 0) is 27.9 Å². The molecule has 0 radical (unpaired) electrons. The first-order valence-electron chi connectivity index (χ1n) is 9.24. The smallest absolute Gasteiger partial charge is 0.246 e. The molecule has 1 aliphatic rings. The maximum Gasteiger partial charge on any atom is 0.246 e. The van der Waals surface area contributed by atoms with E-state index in [4.69, 9.17) is 0 Å². The van der Waals surface area contributed by atoms with Crippen LogP contribution in [0.15, 0.2) is 21.8 Å². The van der Waals surface area contributed by atoms with E-state index in [2.05, 4.69) is 26.1 Å². The Labute approximate surface area is 173 Å². The lowest BCUT2D eigenvalue weighted by Gasteiger charge is -2.34. The molecular formula is C17H25BrN6O3S. The Morgan fingerprint density at radius 1 is 1.07 bits per heavy atom. The van der Waals surface area contributed by atoms with E-state index in [9.17, 15) is 13.2 Å². The van der Waals surface area contributed by atoms with Crippen molar-refractivity contribution in [2.24, 2.45) is 0 Å². The van der Waals surface area contributed by atoms with Crippen molar-refractivity contribution in [2.75, 3.05) is 26.2 Å². The highest BCUT2D eigenvalue weighted by Gasteiger charge is 2.32. The van der Waals surface area contributed by atoms with Crippen molar-refractivity contribution in [1.29, 1.82) is 0 Å². The molecular weight excluding hydrogens is 448 g/mol. The van der Waals surface area contributed by atoms with Crippen LogP contribution in [0.5, 0.6) is 0 Å². The van der Waals surface area contributed by atoms with Gasteiger partial charge < -0.3 is 4.90 Å². The third kappa shape index (κ3) is 4.31. The Kier molecular flexibility index (Phi) is 6.25. The molecule has 1 aliphatic heterocycles. The average molecular weight is 473 g/mol. The van der Waals surface area contributed by atoms with Crippen LogP contribution in [-0.4, -0.2) is 69.3 Å². The zero-order valence-electron chi connectivity index (χ0n) is 16.3. The van der Waals surface area contributed by atoms with Crippen molar-refractivity contribution >= 4 is 31.9 Å². The van der Waals surface area contributed by atoms with Gasteiger partial charge in [-0.25, -0.2) is 8.42 Å². The number of amides is 1. The van der Waals surface area contributed by atoms with E-state index >= 15 is 0 Å². The number of hydrogen-bond donors (Lipinski definition) is 0. The van der Waals surface area contributed by atoms with Crippen molar-refractivity contribution in [3.8, 4) is 0 Å². The van der Waals surface area contributed by atoms with Crippen molar-refractivity contribution < 1.29 is 13.2 Å². The van der Waals surface area contributed by atoms with Crippen LogP contribution in [0.25, 0.3) is 0 Å². The molecule has 2 aromatic rings. The highest BCUT2D eigenvalue weighted by molar-refractivity contribution is 9.10. The molecule has 1 saturated heterocycles. The SMILES string of the molecule is CCn1cc(S(=O)(=O)N2CCN(C(=O)CCn3cc(Br)c(C)n3)CC2)c(C)n1. The van der Waals surface area contributed by atoms with E-state index < -0.39 is 10.0 Å². The van der Waals surface area contributed by atoms with Gasteiger partial charge in [0.1, 0.15) is 4.90 Å². The summed E-state index contributed by atoms with van der Waals surface area (Å²) in [6.45, 7) is 7.99. The topological polar surface area (TPSA) is 93.3 Å². The van der Waals surface area contributed by atoms with Crippen LogP contribution >= 0.6 is 15.9 Å². The third-order valence-electron chi connectivity index (χ3n) is 4.88. The fourth-order valence-corrected chi connectivity index (χ4v) is 5.12. The van der Waals surface area contributed by atoms with Crippen LogP contribution in [0.3, 0.4) is 0 Å². The van der Waals surface area contributed by atoms with E-state index in [1.54, 1.807) is 27.4 Å². The van der Waals surface area contributed by atoms with Gasteiger partial charge in [0, 0.05) is 58.1 Å². The molecule has 2 aromatic heterocycles. The van der Waals surface area contributed by atoms with Crippen molar-refractivity contribution in [3.05, 3.63) is 28.3 Å². The van der Waals surface area contributed by atoms with E-state index in [1.807, 2.05) is 20.0 Å². The fraction of sp³-hybridized carbons (Fsp3) is 0.588. The molecule has 0 unspecified atom stereocenters. The summed E-state index contributed by atoms with van der Waals surface area (Å²) in [7, 11) is -3.60. The number of carbonyl (C=O) groups is 1. The number of rotatable bonds is 6. The first-order chi connectivity index (χ1) is 13.2. The summed E-state index contributed by atoms with van der Waals surface area (Å²) in [5.41, 5.74) is 1.38. The minimum atomic E-state index is -3.60. The summed E-state index contributed by atoms with van der Waals surface area (Å²) < 4.78 is 31.5. The molecule has 0 saturated carbocycles. The van der Waals surface area contributed by atoms with Gasteiger partial charge in [-0.05, 0) is 36.7 Å². The molecule has 9 nitrogen and oxygen atoms in total. The highest BCUT2D eigenvalue weighted by Crippen LogP contribution is 2.21. The predicted molar refractivity (Wildman–Crippen MR) is 107 cm³/mol. The second kappa shape index (κ2) is 8.34. The molecule has 0 atom stereocenters. The van der Waals surface area contributed by atoms with Crippen molar-refractivity contribution in [1.82, 2.24) is 28.8 Å². The Hall–Kier alpha value is -1.72. The molecule has 1 fully saturated rings. The second-order valence-electron chi connectivity index (χ2n) is 6.79. The lowest BCUT2D eigenvalue weighted by atomic mass is 10.3. The maximum atomic E-state index is 12.9. The van der Waals surface area contributed by atoms with Gasteiger partial charge in [0.05, 0.1) is 15.9 Å². The molecule has 154 valence electrons. The largest absolute Gasteiger partial charge is 0.340 e. The van der Waals surface area contributed by atoms with Crippen LogP contribution in [0, 0.1) is 13.8 Å². The van der Waals surface area contributed by atoms with Gasteiger partial charge in [-0.15, -0.1) is 0 Å². The molecule has 3 rings (SSSR count). The Bertz CT molecular complexity index is 940. The number of aryl methyl sites for hydroxylation is 4. The molecule has 1 amide bonds. The molecule has 0 aromatic carbocycles. The number of aromatic nitrogens is 4. The molecule has 3 heterocycles. The predicted octanol–water partition coefficient (Wildman–Crippen LogP) is 1.40. The van der Waals surface area contributed by atoms with E-state index in [0.717, 1.165) is 10.2 Å². The Morgan fingerprint density at radius 3 is 2.25 bits per heavy atom. The number of piperazine rings is 1. The quantitative estimate of drug-likeness (QED) is 0.633. The monoisotopic (exact) mass is 472 g/mol. The third-order valence-corrected chi connectivity index (χ3v) is 7.66. The molecule has 28 heavy (non-hydrogen) atoms. The van der Waals surface area contributed by atoms with Gasteiger partial charge in [-0.2, -0.15) is 14.5 Å². The number of carbonyl (C=O) groups excluding carboxylic acids is 1. The maximum absolute atomic E-state index is 12.9. The summed E-state index contributed by atoms with van der Waals surface area (Å²) in [6.07, 6.45) is 3.76. The van der Waals surface area contributed by atoms with Gasteiger partial charge in [0.25, 0.3) is 0 Å². The highest BCUT2D eigenvalue weighted by atomic mass is 79.9. The molecule has 0 spiro atoms. The average Bonchev–Trinajstić information content (AvgIpc) is 3.22. The first-order valence-corrected chi connectivity index (χ1v) is 11.5. The molecule has 11 heteroatoms. The lowest BCUT2D eigenvalue weighted by molar-refractivity contribution is -0.132. The molecule has 0 aliphatic carbocycles. The minimum absolute atomic E-state index is 0.0105. The van der Waals surface area contributed by atoms with E-state index in [-0.39, 0.29) is 23.9 Å². The van der Waals surface area contributed by atoms with Gasteiger partial charge in [0.2, 0.25) is 15.9 Å². The minimum Gasteiger partial charge on any atom is -0.340 e. The summed E-state index contributed by atoms with van der Waals surface area (Å²) >= 11 is 3.41. The van der Waals surface area contributed by atoms with Gasteiger partial charge in [0.15, 0.2) is 0 Å². The zero-order chi connectivity index (χ0) is 20.5.